The second kappa shape index (κ2) is 7.90. The zero-order valence-corrected chi connectivity index (χ0v) is 11.6. The molecule has 102 valence electrons. The normalized spacial score (nSPS) is 17.4. The number of rotatable bonds is 5. The molecule has 5 heteroatoms. The van der Waals surface area contributed by atoms with Gasteiger partial charge < -0.3 is 15.8 Å². The molecule has 0 aromatic heterocycles. The molecule has 1 fully saturated rings. The first kappa shape index (κ1) is 16.7. The maximum absolute atomic E-state index is 11.7. The SMILES string of the molecule is CC(C)(CN)C(=O)NCCC1CCOCC1.Cl. The van der Waals surface area contributed by atoms with E-state index in [1.807, 2.05) is 13.8 Å². The van der Waals surface area contributed by atoms with E-state index in [-0.39, 0.29) is 18.3 Å². The Kier molecular flexibility index (Phi) is 7.75. The van der Waals surface area contributed by atoms with E-state index in [1.54, 1.807) is 0 Å². The monoisotopic (exact) mass is 264 g/mol. The highest BCUT2D eigenvalue weighted by Crippen LogP contribution is 2.18. The van der Waals surface area contributed by atoms with Crippen LogP contribution in [0.3, 0.4) is 0 Å². The zero-order chi connectivity index (χ0) is 12.0. The fourth-order valence-electron chi connectivity index (χ4n) is 1.76. The van der Waals surface area contributed by atoms with Crippen molar-refractivity contribution in [2.45, 2.75) is 33.1 Å². The van der Waals surface area contributed by atoms with Gasteiger partial charge in [-0.05, 0) is 39.0 Å². The third-order valence-corrected chi connectivity index (χ3v) is 3.30. The topological polar surface area (TPSA) is 64.4 Å². The van der Waals surface area contributed by atoms with E-state index in [9.17, 15) is 4.79 Å². The molecule has 4 nitrogen and oxygen atoms in total. The highest BCUT2D eigenvalue weighted by atomic mass is 35.5. The van der Waals surface area contributed by atoms with Gasteiger partial charge in [-0.2, -0.15) is 0 Å². The molecule has 0 aliphatic carbocycles. The summed E-state index contributed by atoms with van der Waals surface area (Å²) in [5.74, 6) is 0.761. The molecule has 0 aromatic carbocycles. The average Bonchev–Trinajstić information content (AvgIpc) is 2.30. The van der Waals surface area contributed by atoms with Gasteiger partial charge in [0.2, 0.25) is 5.91 Å². The van der Waals surface area contributed by atoms with Crippen molar-refractivity contribution in [3.05, 3.63) is 0 Å². The zero-order valence-electron chi connectivity index (χ0n) is 10.8. The van der Waals surface area contributed by atoms with E-state index in [2.05, 4.69) is 5.32 Å². The molecule has 1 amide bonds. The van der Waals surface area contributed by atoms with Crippen LogP contribution in [0.1, 0.15) is 33.1 Å². The van der Waals surface area contributed by atoms with E-state index < -0.39 is 5.41 Å². The van der Waals surface area contributed by atoms with E-state index in [4.69, 9.17) is 10.5 Å². The lowest BCUT2D eigenvalue weighted by Gasteiger charge is -2.24. The van der Waals surface area contributed by atoms with Crippen LogP contribution in [-0.2, 0) is 9.53 Å². The Labute approximate surface area is 110 Å². The summed E-state index contributed by atoms with van der Waals surface area (Å²) in [5.41, 5.74) is 5.10. The van der Waals surface area contributed by atoms with Crippen LogP contribution in [0.15, 0.2) is 0 Å². The number of halogens is 1. The van der Waals surface area contributed by atoms with Gasteiger partial charge in [-0.1, -0.05) is 0 Å². The number of amides is 1. The molecule has 17 heavy (non-hydrogen) atoms. The standard InChI is InChI=1S/C12H24N2O2.ClH/c1-12(2,9-13)11(15)14-6-3-10-4-7-16-8-5-10;/h10H,3-9,13H2,1-2H3,(H,14,15);1H. The van der Waals surface area contributed by atoms with Crippen LogP contribution in [0.4, 0.5) is 0 Å². The number of nitrogens with one attached hydrogen (secondary N) is 1. The number of carbonyl (C=O) groups excluding carboxylic acids is 1. The molecule has 0 radical (unpaired) electrons. The highest BCUT2D eigenvalue weighted by Gasteiger charge is 2.25. The fraction of sp³-hybridized carbons (Fsp3) is 0.917. The van der Waals surface area contributed by atoms with Gasteiger partial charge in [0.15, 0.2) is 0 Å². The third-order valence-electron chi connectivity index (χ3n) is 3.30. The van der Waals surface area contributed by atoms with Gasteiger partial charge in [0.25, 0.3) is 0 Å². The van der Waals surface area contributed by atoms with E-state index in [1.165, 1.54) is 0 Å². The van der Waals surface area contributed by atoms with Gasteiger partial charge in [-0.15, -0.1) is 12.4 Å². The molecule has 0 spiro atoms. The van der Waals surface area contributed by atoms with Crippen LogP contribution in [-0.4, -0.2) is 32.2 Å². The lowest BCUT2D eigenvalue weighted by Crippen LogP contribution is -2.42. The summed E-state index contributed by atoms with van der Waals surface area (Å²) < 4.78 is 5.29. The van der Waals surface area contributed by atoms with Crippen molar-refractivity contribution >= 4 is 18.3 Å². The summed E-state index contributed by atoms with van der Waals surface area (Å²) in [6.45, 7) is 6.62. The molecule has 1 rings (SSSR count). The number of carbonyl (C=O) groups is 1. The van der Waals surface area contributed by atoms with E-state index in [0.717, 1.165) is 39.0 Å². The molecule has 3 N–H and O–H groups in total. The summed E-state index contributed by atoms with van der Waals surface area (Å²) in [5, 5.41) is 2.96. The molecular weight excluding hydrogens is 240 g/mol. The molecule has 0 saturated carbocycles. The van der Waals surface area contributed by atoms with Gasteiger partial charge in [-0.25, -0.2) is 0 Å². The molecule has 0 bridgehead atoms. The summed E-state index contributed by atoms with van der Waals surface area (Å²) in [6.07, 6.45) is 3.29. The second-order valence-corrected chi connectivity index (χ2v) is 5.19. The first-order valence-electron chi connectivity index (χ1n) is 6.12. The number of nitrogens with two attached hydrogens (primary N) is 1. The molecule has 0 aromatic rings. The van der Waals surface area contributed by atoms with Crippen LogP contribution < -0.4 is 11.1 Å². The molecule has 0 unspecified atom stereocenters. The number of hydrogen-bond acceptors (Lipinski definition) is 3. The molecule has 1 aliphatic heterocycles. The van der Waals surface area contributed by atoms with Crippen LogP contribution in [0, 0.1) is 11.3 Å². The average molecular weight is 265 g/mol. The smallest absolute Gasteiger partial charge is 0.226 e. The Morgan fingerprint density at radius 3 is 2.53 bits per heavy atom. The maximum atomic E-state index is 11.7. The van der Waals surface area contributed by atoms with Crippen molar-refractivity contribution in [3.63, 3.8) is 0 Å². The van der Waals surface area contributed by atoms with Crippen LogP contribution >= 0.6 is 12.4 Å². The summed E-state index contributed by atoms with van der Waals surface area (Å²) in [4.78, 5) is 11.7. The third kappa shape index (κ3) is 5.70. The highest BCUT2D eigenvalue weighted by molar-refractivity contribution is 5.85. The Morgan fingerprint density at radius 2 is 2.00 bits per heavy atom. The van der Waals surface area contributed by atoms with Crippen molar-refractivity contribution in [2.24, 2.45) is 17.1 Å². The summed E-state index contributed by atoms with van der Waals surface area (Å²) in [6, 6.07) is 0. The van der Waals surface area contributed by atoms with E-state index in [0.29, 0.717) is 12.5 Å². The minimum Gasteiger partial charge on any atom is -0.381 e. The predicted octanol–water partition coefficient (Wildman–Crippen LogP) is 1.33. The van der Waals surface area contributed by atoms with Gasteiger partial charge in [0.05, 0.1) is 5.41 Å². The van der Waals surface area contributed by atoms with Gasteiger partial charge in [-0.3, -0.25) is 4.79 Å². The molecular formula is C12H25ClN2O2. The lowest BCUT2D eigenvalue weighted by atomic mass is 9.92. The number of ether oxygens (including phenoxy) is 1. The summed E-state index contributed by atoms with van der Waals surface area (Å²) >= 11 is 0. The molecule has 0 atom stereocenters. The van der Waals surface area contributed by atoms with Crippen LogP contribution in [0.5, 0.6) is 0 Å². The molecule has 1 heterocycles. The molecule has 1 aliphatic rings. The van der Waals surface area contributed by atoms with Crippen molar-refractivity contribution in [1.29, 1.82) is 0 Å². The minimum atomic E-state index is -0.449. The molecule has 1 saturated heterocycles. The van der Waals surface area contributed by atoms with Crippen LogP contribution in [0.2, 0.25) is 0 Å². The minimum absolute atomic E-state index is 0. The number of hydrogen-bond donors (Lipinski definition) is 2. The first-order chi connectivity index (χ1) is 7.56. The van der Waals surface area contributed by atoms with Crippen molar-refractivity contribution < 1.29 is 9.53 Å². The van der Waals surface area contributed by atoms with Crippen molar-refractivity contribution in [2.75, 3.05) is 26.3 Å². The Hall–Kier alpha value is -0.320. The van der Waals surface area contributed by atoms with Crippen molar-refractivity contribution in [1.82, 2.24) is 5.32 Å². The predicted molar refractivity (Wildman–Crippen MR) is 71.3 cm³/mol. The van der Waals surface area contributed by atoms with Gasteiger partial charge >= 0.3 is 0 Å². The Morgan fingerprint density at radius 1 is 1.41 bits per heavy atom. The quantitative estimate of drug-likeness (QED) is 0.787. The van der Waals surface area contributed by atoms with E-state index >= 15 is 0 Å². The first-order valence-corrected chi connectivity index (χ1v) is 6.12. The van der Waals surface area contributed by atoms with Crippen molar-refractivity contribution in [3.8, 4) is 0 Å². The maximum Gasteiger partial charge on any atom is 0.226 e. The second-order valence-electron chi connectivity index (χ2n) is 5.19. The Balaban J connectivity index is 0.00000256. The fourth-order valence-corrected chi connectivity index (χ4v) is 1.76. The lowest BCUT2D eigenvalue weighted by molar-refractivity contribution is -0.128. The van der Waals surface area contributed by atoms with Gasteiger partial charge in [0.1, 0.15) is 0 Å². The van der Waals surface area contributed by atoms with Gasteiger partial charge in [0, 0.05) is 26.3 Å². The Bertz CT molecular complexity index is 229. The largest absolute Gasteiger partial charge is 0.381 e. The summed E-state index contributed by atoms with van der Waals surface area (Å²) in [7, 11) is 0. The van der Waals surface area contributed by atoms with Crippen LogP contribution in [0.25, 0.3) is 0 Å².